The number of rotatable bonds is 5. The second-order valence-electron chi connectivity index (χ2n) is 4.75. The van der Waals surface area contributed by atoms with E-state index in [-0.39, 0.29) is 18.1 Å². The summed E-state index contributed by atoms with van der Waals surface area (Å²) in [6.45, 7) is 5.59. The van der Waals surface area contributed by atoms with Crippen LogP contribution in [0.1, 0.15) is 18.1 Å². The van der Waals surface area contributed by atoms with Crippen molar-refractivity contribution in [3.63, 3.8) is 0 Å². The summed E-state index contributed by atoms with van der Waals surface area (Å²) >= 11 is 5.76. The van der Waals surface area contributed by atoms with E-state index in [0.717, 1.165) is 23.2 Å². The maximum atomic E-state index is 12.2. The first kappa shape index (κ1) is 15.3. The number of hydrogen-bond acceptors (Lipinski definition) is 3. The molecule has 0 saturated carbocycles. The fourth-order valence-corrected chi connectivity index (χ4v) is 2.59. The topological polar surface area (TPSA) is 38.8 Å². The number of hydrogen-bond donors (Lipinski definition) is 0. The second kappa shape index (κ2) is 7.07. The van der Waals surface area contributed by atoms with E-state index in [2.05, 4.69) is 6.92 Å². The highest BCUT2D eigenvalue weighted by molar-refractivity contribution is 6.29. The van der Waals surface area contributed by atoms with Gasteiger partial charge in [0, 0.05) is 5.69 Å². The number of nitrogens with zero attached hydrogens (tertiary/aromatic N) is 1. The van der Waals surface area contributed by atoms with Gasteiger partial charge in [-0.2, -0.15) is 0 Å². The van der Waals surface area contributed by atoms with Crippen molar-refractivity contribution in [1.82, 2.24) is 0 Å². The first-order valence-electron chi connectivity index (χ1n) is 6.85. The first-order chi connectivity index (χ1) is 9.67. The Bertz CT molecular complexity index is 472. The fraction of sp³-hybridized carbons (Fsp3) is 0.533. The number of benzene rings is 1. The number of carbonyl (C=O) groups is 1. The zero-order valence-electron chi connectivity index (χ0n) is 11.9. The summed E-state index contributed by atoms with van der Waals surface area (Å²) in [6, 6.07) is 6.04. The summed E-state index contributed by atoms with van der Waals surface area (Å²) in [4.78, 5) is 13.9. The van der Waals surface area contributed by atoms with Crippen molar-refractivity contribution in [3.8, 4) is 0 Å². The van der Waals surface area contributed by atoms with Gasteiger partial charge in [0.05, 0.1) is 19.8 Å². The smallest absolute Gasteiger partial charge is 0.242 e. The van der Waals surface area contributed by atoms with Crippen LogP contribution in [0.25, 0.3) is 0 Å². The van der Waals surface area contributed by atoms with Crippen molar-refractivity contribution in [2.75, 3.05) is 30.5 Å². The third kappa shape index (κ3) is 3.32. The van der Waals surface area contributed by atoms with Crippen LogP contribution in [0.2, 0.25) is 0 Å². The molecule has 0 unspecified atom stereocenters. The van der Waals surface area contributed by atoms with Gasteiger partial charge in [-0.25, -0.2) is 0 Å². The van der Waals surface area contributed by atoms with Crippen LogP contribution in [0.4, 0.5) is 5.69 Å². The van der Waals surface area contributed by atoms with Gasteiger partial charge in [-0.05, 0) is 24.5 Å². The fourth-order valence-electron chi connectivity index (χ4n) is 2.44. The molecule has 5 heteroatoms. The van der Waals surface area contributed by atoms with Crippen molar-refractivity contribution in [1.29, 1.82) is 0 Å². The molecule has 4 nitrogen and oxygen atoms in total. The molecule has 0 N–H and O–H groups in total. The Balaban J connectivity index is 2.32. The van der Waals surface area contributed by atoms with Crippen LogP contribution < -0.4 is 4.90 Å². The third-order valence-electron chi connectivity index (χ3n) is 3.41. The number of alkyl halides is 1. The van der Waals surface area contributed by atoms with Crippen LogP contribution in [-0.4, -0.2) is 37.8 Å². The minimum atomic E-state index is -0.369. The van der Waals surface area contributed by atoms with Crippen LogP contribution >= 0.6 is 11.6 Å². The number of amides is 1. The zero-order valence-corrected chi connectivity index (χ0v) is 12.7. The number of anilines is 1. The average molecular weight is 298 g/mol. The Kier molecular flexibility index (Phi) is 5.40. The molecule has 1 aliphatic rings. The molecule has 0 radical (unpaired) electrons. The number of halogens is 1. The van der Waals surface area contributed by atoms with Gasteiger partial charge in [0.15, 0.2) is 6.29 Å². The quantitative estimate of drug-likeness (QED) is 0.784. The van der Waals surface area contributed by atoms with Crippen molar-refractivity contribution < 1.29 is 14.3 Å². The van der Waals surface area contributed by atoms with Gasteiger partial charge in [-0.3, -0.25) is 4.79 Å². The SMILES string of the molecule is CCc1cccc(C)c1N(CC1OCCO1)C(=O)CCl. The Morgan fingerprint density at radius 3 is 2.70 bits per heavy atom. The Morgan fingerprint density at radius 1 is 1.40 bits per heavy atom. The zero-order chi connectivity index (χ0) is 14.5. The largest absolute Gasteiger partial charge is 0.348 e. The van der Waals surface area contributed by atoms with Crippen LogP contribution in [0, 0.1) is 6.92 Å². The van der Waals surface area contributed by atoms with Gasteiger partial charge < -0.3 is 14.4 Å². The summed E-state index contributed by atoms with van der Waals surface area (Å²) in [5.41, 5.74) is 3.11. The highest BCUT2D eigenvalue weighted by atomic mass is 35.5. The maximum absolute atomic E-state index is 12.2. The lowest BCUT2D eigenvalue weighted by molar-refractivity contribution is -0.117. The van der Waals surface area contributed by atoms with Crippen molar-refractivity contribution >= 4 is 23.2 Å². The van der Waals surface area contributed by atoms with E-state index in [1.165, 1.54) is 0 Å². The van der Waals surface area contributed by atoms with Crippen LogP contribution in [-0.2, 0) is 20.7 Å². The lowest BCUT2D eigenvalue weighted by atomic mass is 10.0. The highest BCUT2D eigenvalue weighted by Crippen LogP contribution is 2.27. The van der Waals surface area contributed by atoms with Gasteiger partial charge in [-0.15, -0.1) is 11.6 Å². The number of ether oxygens (including phenoxy) is 2. The average Bonchev–Trinajstić information content (AvgIpc) is 2.97. The van der Waals surface area contributed by atoms with Gasteiger partial charge >= 0.3 is 0 Å². The van der Waals surface area contributed by atoms with Crippen LogP contribution in [0.5, 0.6) is 0 Å². The summed E-state index contributed by atoms with van der Waals surface area (Å²) in [6.07, 6.45) is 0.488. The number of para-hydroxylation sites is 1. The molecule has 1 amide bonds. The molecule has 0 aliphatic carbocycles. The summed E-state index contributed by atoms with van der Waals surface area (Å²) in [7, 11) is 0. The molecule has 0 spiro atoms. The normalized spacial score (nSPS) is 15.6. The molecule has 0 atom stereocenters. The van der Waals surface area contributed by atoms with Crippen LogP contribution in [0.15, 0.2) is 18.2 Å². The van der Waals surface area contributed by atoms with Crippen molar-refractivity contribution in [2.45, 2.75) is 26.6 Å². The summed E-state index contributed by atoms with van der Waals surface area (Å²) in [5.74, 6) is -0.181. The Hall–Kier alpha value is -1.10. The van der Waals surface area contributed by atoms with E-state index < -0.39 is 0 Å². The molecule has 110 valence electrons. The van der Waals surface area contributed by atoms with E-state index >= 15 is 0 Å². The first-order valence-corrected chi connectivity index (χ1v) is 7.38. The molecule has 0 aromatic heterocycles. The molecule has 20 heavy (non-hydrogen) atoms. The number of aryl methyl sites for hydroxylation is 2. The predicted molar refractivity (Wildman–Crippen MR) is 79.3 cm³/mol. The number of carbonyl (C=O) groups excluding carboxylic acids is 1. The third-order valence-corrected chi connectivity index (χ3v) is 3.64. The lowest BCUT2D eigenvalue weighted by Crippen LogP contribution is -2.39. The van der Waals surface area contributed by atoms with Crippen molar-refractivity contribution in [3.05, 3.63) is 29.3 Å². The minimum absolute atomic E-state index is 0.0514. The molecular formula is C15H20ClNO3. The van der Waals surface area contributed by atoms with Crippen LogP contribution in [0.3, 0.4) is 0 Å². The predicted octanol–water partition coefficient (Wildman–Crippen LogP) is 2.50. The maximum Gasteiger partial charge on any atom is 0.242 e. The van der Waals surface area contributed by atoms with E-state index in [9.17, 15) is 4.79 Å². The molecule has 1 heterocycles. The minimum Gasteiger partial charge on any atom is -0.348 e. The molecule has 1 fully saturated rings. The molecule has 0 bridgehead atoms. The Labute approximate surface area is 124 Å². The van der Waals surface area contributed by atoms with E-state index in [1.54, 1.807) is 4.90 Å². The van der Waals surface area contributed by atoms with E-state index in [0.29, 0.717) is 19.8 Å². The van der Waals surface area contributed by atoms with E-state index in [4.69, 9.17) is 21.1 Å². The highest BCUT2D eigenvalue weighted by Gasteiger charge is 2.26. The monoisotopic (exact) mass is 297 g/mol. The molecule has 1 saturated heterocycles. The summed E-state index contributed by atoms with van der Waals surface area (Å²) < 4.78 is 10.9. The second-order valence-corrected chi connectivity index (χ2v) is 5.01. The lowest BCUT2D eigenvalue weighted by Gasteiger charge is -2.28. The molecule has 1 aromatic carbocycles. The Morgan fingerprint density at radius 2 is 2.10 bits per heavy atom. The summed E-state index contributed by atoms with van der Waals surface area (Å²) in [5, 5.41) is 0. The van der Waals surface area contributed by atoms with Gasteiger partial charge in [0.2, 0.25) is 5.91 Å². The molecular weight excluding hydrogens is 278 g/mol. The van der Waals surface area contributed by atoms with Crippen molar-refractivity contribution in [2.24, 2.45) is 0 Å². The van der Waals surface area contributed by atoms with Gasteiger partial charge in [0.25, 0.3) is 0 Å². The van der Waals surface area contributed by atoms with Gasteiger partial charge in [0.1, 0.15) is 5.88 Å². The standard InChI is InChI=1S/C15H20ClNO3/c1-3-12-6-4-5-11(2)15(12)17(13(18)9-16)10-14-19-7-8-20-14/h4-6,14H,3,7-10H2,1-2H3. The molecule has 2 rings (SSSR count). The van der Waals surface area contributed by atoms with Gasteiger partial charge in [-0.1, -0.05) is 25.1 Å². The molecule has 1 aliphatic heterocycles. The van der Waals surface area contributed by atoms with E-state index in [1.807, 2.05) is 25.1 Å². The molecule has 1 aromatic rings.